The fourth-order valence-electron chi connectivity index (χ4n) is 2.53. The highest BCUT2D eigenvalue weighted by atomic mass is 79.9. The van der Waals surface area contributed by atoms with Crippen molar-refractivity contribution in [3.63, 3.8) is 0 Å². The molecule has 0 unspecified atom stereocenters. The predicted octanol–water partition coefficient (Wildman–Crippen LogP) is 2.44. The van der Waals surface area contributed by atoms with Crippen molar-refractivity contribution in [1.82, 2.24) is 9.80 Å². The number of nitrogens with zero attached hydrogens (tertiary/aromatic N) is 2. The van der Waals surface area contributed by atoms with Gasteiger partial charge in [0.25, 0.3) is 0 Å². The number of benzene rings is 1. The largest absolute Gasteiger partial charge is 0.341 e. The minimum atomic E-state index is -0.654. The number of rotatable bonds is 4. The van der Waals surface area contributed by atoms with Crippen LogP contribution in [0, 0.1) is 11.6 Å². The lowest BCUT2D eigenvalue weighted by molar-refractivity contribution is -0.130. The summed E-state index contributed by atoms with van der Waals surface area (Å²) < 4.78 is 27.2. The van der Waals surface area contributed by atoms with Crippen LogP contribution in [-0.4, -0.2) is 53.8 Å². The molecule has 1 aromatic rings. The van der Waals surface area contributed by atoms with Crippen LogP contribution in [0.5, 0.6) is 0 Å². The van der Waals surface area contributed by atoms with Crippen LogP contribution in [-0.2, 0) is 11.2 Å². The van der Waals surface area contributed by atoms with E-state index in [1.807, 2.05) is 0 Å². The Labute approximate surface area is 132 Å². The Kier molecular flexibility index (Phi) is 6.11. The minimum Gasteiger partial charge on any atom is -0.341 e. The molecule has 0 aliphatic carbocycles. The normalized spacial score (nSPS) is 16.8. The van der Waals surface area contributed by atoms with Gasteiger partial charge in [0, 0.05) is 37.1 Å². The molecule has 0 N–H and O–H groups in total. The summed E-state index contributed by atoms with van der Waals surface area (Å²) in [6.07, 6.45) is 0.676. The van der Waals surface area contributed by atoms with Crippen LogP contribution in [0.2, 0.25) is 0 Å². The summed E-state index contributed by atoms with van der Waals surface area (Å²) in [5, 5.41) is 0.904. The van der Waals surface area contributed by atoms with E-state index in [2.05, 4.69) is 20.8 Å². The molecule has 1 aliphatic rings. The van der Waals surface area contributed by atoms with Gasteiger partial charge in [-0.3, -0.25) is 4.79 Å². The van der Waals surface area contributed by atoms with Crippen LogP contribution in [0.1, 0.15) is 12.0 Å². The highest BCUT2D eigenvalue weighted by molar-refractivity contribution is 9.09. The molecular weight excluding hydrogens is 342 g/mol. The van der Waals surface area contributed by atoms with Gasteiger partial charge in [-0.15, -0.1) is 0 Å². The Morgan fingerprint density at radius 1 is 1.14 bits per heavy atom. The van der Waals surface area contributed by atoms with Crippen molar-refractivity contribution in [3.8, 4) is 0 Å². The van der Waals surface area contributed by atoms with Crippen molar-refractivity contribution in [2.24, 2.45) is 0 Å². The molecule has 1 amide bonds. The van der Waals surface area contributed by atoms with E-state index in [0.717, 1.165) is 31.4 Å². The van der Waals surface area contributed by atoms with Crippen LogP contribution >= 0.6 is 15.9 Å². The van der Waals surface area contributed by atoms with Gasteiger partial charge in [0.15, 0.2) is 0 Å². The van der Waals surface area contributed by atoms with E-state index in [0.29, 0.717) is 13.1 Å². The second-order valence-corrected chi connectivity index (χ2v) is 5.93. The minimum absolute atomic E-state index is 0.135. The van der Waals surface area contributed by atoms with Gasteiger partial charge >= 0.3 is 0 Å². The Morgan fingerprint density at radius 3 is 2.52 bits per heavy atom. The van der Waals surface area contributed by atoms with Gasteiger partial charge in [-0.2, -0.15) is 0 Å². The van der Waals surface area contributed by atoms with Gasteiger partial charge in [-0.25, -0.2) is 8.78 Å². The fraction of sp³-hybridized carbons (Fsp3) is 0.533. The summed E-state index contributed by atoms with van der Waals surface area (Å²) in [7, 11) is 0. The number of carbonyl (C=O) groups excluding carboxylic acids is 1. The van der Waals surface area contributed by atoms with Crippen LogP contribution in [0.3, 0.4) is 0 Å². The SMILES string of the molecule is O=C(Cc1c(F)cccc1F)N1CCCN(CCBr)CC1. The number of hydrogen-bond donors (Lipinski definition) is 0. The molecule has 0 saturated carbocycles. The fourth-order valence-corrected chi connectivity index (χ4v) is 3.03. The summed E-state index contributed by atoms with van der Waals surface area (Å²) >= 11 is 3.41. The molecule has 1 saturated heterocycles. The van der Waals surface area contributed by atoms with E-state index in [-0.39, 0.29) is 17.9 Å². The highest BCUT2D eigenvalue weighted by Gasteiger charge is 2.21. The Hall–Kier alpha value is -1.01. The van der Waals surface area contributed by atoms with Crippen molar-refractivity contribution in [3.05, 3.63) is 35.4 Å². The first-order valence-corrected chi connectivity index (χ1v) is 8.23. The van der Waals surface area contributed by atoms with Crippen molar-refractivity contribution < 1.29 is 13.6 Å². The van der Waals surface area contributed by atoms with Crippen LogP contribution in [0.25, 0.3) is 0 Å². The van der Waals surface area contributed by atoms with E-state index in [9.17, 15) is 13.6 Å². The molecule has 3 nitrogen and oxygen atoms in total. The molecule has 2 rings (SSSR count). The number of halogens is 3. The third-order valence-corrected chi connectivity index (χ3v) is 4.09. The average molecular weight is 361 g/mol. The molecule has 0 radical (unpaired) electrons. The summed E-state index contributed by atoms with van der Waals surface area (Å²) in [5.41, 5.74) is -0.135. The quantitative estimate of drug-likeness (QED) is 0.770. The highest BCUT2D eigenvalue weighted by Crippen LogP contribution is 2.14. The molecule has 1 aliphatic heterocycles. The van der Waals surface area contributed by atoms with Gasteiger partial charge in [-0.05, 0) is 25.1 Å². The maximum atomic E-state index is 13.6. The van der Waals surface area contributed by atoms with E-state index < -0.39 is 11.6 Å². The molecular formula is C15H19BrF2N2O. The molecule has 1 heterocycles. The molecule has 6 heteroatoms. The van der Waals surface area contributed by atoms with Gasteiger partial charge in [0.2, 0.25) is 5.91 Å². The van der Waals surface area contributed by atoms with Crippen molar-refractivity contribution in [2.75, 3.05) is 38.1 Å². The Bertz CT molecular complexity index is 478. The van der Waals surface area contributed by atoms with Crippen LogP contribution < -0.4 is 0 Å². The second kappa shape index (κ2) is 7.84. The lowest BCUT2D eigenvalue weighted by atomic mass is 10.1. The Morgan fingerprint density at radius 2 is 1.86 bits per heavy atom. The van der Waals surface area contributed by atoms with Crippen LogP contribution in [0.15, 0.2) is 18.2 Å². The maximum Gasteiger partial charge on any atom is 0.227 e. The molecule has 1 aromatic carbocycles. The van der Waals surface area contributed by atoms with Crippen LogP contribution in [0.4, 0.5) is 8.78 Å². The third-order valence-electron chi connectivity index (χ3n) is 3.73. The van der Waals surface area contributed by atoms with E-state index >= 15 is 0 Å². The molecule has 21 heavy (non-hydrogen) atoms. The van der Waals surface area contributed by atoms with E-state index in [1.165, 1.54) is 18.2 Å². The first-order valence-electron chi connectivity index (χ1n) is 7.11. The average Bonchev–Trinajstić information content (AvgIpc) is 2.69. The number of amides is 1. The molecule has 0 atom stereocenters. The third kappa shape index (κ3) is 4.48. The smallest absolute Gasteiger partial charge is 0.227 e. The summed E-state index contributed by atoms with van der Waals surface area (Å²) in [5.74, 6) is -1.52. The predicted molar refractivity (Wildman–Crippen MR) is 81.5 cm³/mol. The number of alkyl halides is 1. The summed E-state index contributed by atoms with van der Waals surface area (Å²) in [6, 6.07) is 3.68. The first kappa shape index (κ1) is 16.4. The zero-order chi connectivity index (χ0) is 15.2. The van der Waals surface area contributed by atoms with Crippen molar-refractivity contribution in [2.45, 2.75) is 12.8 Å². The zero-order valence-electron chi connectivity index (χ0n) is 11.8. The molecule has 116 valence electrons. The lowest BCUT2D eigenvalue weighted by Gasteiger charge is -2.21. The maximum absolute atomic E-state index is 13.6. The Balaban J connectivity index is 1.97. The molecule has 1 fully saturated rings. The van der Waals surface area contributed by atoms with Gasteiger partial charge in [0.05, 0.1) is 6.42 Å². The van der Waals surface area contributed by atoms with E-state index in [1.54, 1.807) is 4.90 Å². The molecule has 0 bridgehead atoms. The number of hydrogen-bond acceptors (Lipinski definition) is 2. The van der Waals surface area contributed by atoms with E-state index in [4.69, 9.17) is 0 Å². The van der Waals surface area contributed by atoms with Crippen molar-refractivity contribution in [1.29, 1.82) is 0 Å². The summed E-state index contributed by atoms with van der Waals surface area (Å²) in [6.45, 7) is 3.96. The molecule has 0 spiro atoms. The zero-order valence-corrected chi connectivity index (χ0v) is 13.4. The molecule has 0 aromatic heterocycles. The second-order valence-electron chi connectivity index (χ2n) is 5.14. The lowest BCUT2D eigenvalue weighted by Crippen LogP contribution is -2.36. The topological polar surface area (TPSA) is 23.6 Å². The van der Waals surface area contributed by atoms with Gasteiger partial charge in [-0.1, -0.05) is 22.0 Å². The van der Waals surface area contributed by atoms with Crippen molar-refractivity contribution >= 4 is 21.8 Å². The number of carbonyl (C=O) groups is 1. The van der Waals surface area contributed by atoms with Gasteiger partial charge < -0.3 is 9.80 Å². The van der Waals surface area contributed by atoms with Gasteiger partial charge in [0.1, 0.15) is 11.6 Å². The first-order chi connectivity index (χ1) is 10.1. The monoisotopic (exact) mass is 360 g/mol. The summed E-state index contributed by atoms with van der Waals surface area (Å²) in [4.78, 5) is 16.2. The standard InChI is InChI=1S/C15H19BrF2N2O/c16-5-8-19-6-2-7-20(10-9-19)15(21)11-12-13(17)3-1-4-14(12)18/h1,3-4H,2,5-11H2.